The molecule has 2 heterocycles. The molecule has 0 bridgehead atoms. The van der Waals surface area contributed by atoms with Gasteiger partial charge in [0.2, 0.25) is 0 Å². The second-order valence-electron chi connectivity index (χ2n) is 6.80. The third-order valence-corrected chi connectivity index (χ3v) is 4.85. The van der Waals surface area contributed by atoms with Crippen molar-refractivity contribution in [2.75, 3.05) is 0 Å². The van der Waals surface area contributed by atoms with Gasteiger partial charge < -0.3 is 18.7 Å². The second-order valence-corrected chi connectivity index (χ2v) is 6.80. The first-order valence-corrected chi connectivity index (χ1v) is 9.07. The molecular weight excluding hydrogens is 390 g/mol. The molecule has 1 N–H and O–H groups in total. The monoisotopic (exact) mass is 407 g/mol. The third-order valence-electron chi connectivity index (χ3n) is 4.85. The minimum atomic E-state index is -0.637. The molecule has 2 aromatic heterocycles. The predicted octanol–water partition coefficient (Wildman–Crippen LogP) is 4.86. The molecule has 0 aliphatic rings. The van der Waals surface area contributed by atoms with Crippen molar-refractivity contribution in [1.29, 1.82) is 0 Å². The quantitative estimate of drug-likeness (QED) is 0.371. The number of nitro groups is 1. The number of ether oxygens (including phenoxy) is 1. The third kappa shape index (κ3) is 3.39. The SMILES string of the molecule is Cc1c(-c2cc3cc(OCc4ccccc4[N+](=O)[O-])ccc3o2)oc(=O)c(C)c1O. The largest absolute Gasteiger partial charge is 0.507 e. The lowest BCUT2D eigenvalue weighted by Crippen LogP contribution is -2.05. The van der Waals surface area contributed by atoms with Gasteiger partial charge in [-0.05, 0) is 44.2 Å². The summed E-state index contributed by atoms with van der Waals surface area (Å²) in [4.78, 5) is 22.6. The van der Waals surface area contributed by atoms with E-state index in [0.717, 1.165) is 0 Å². The topological polar surface area (TPSA) is 116 Å². The van der Waals surface area contributed by atoms with Crippen molar-refractivity contribution < 1.29 is 23.6 Å². The van der Waals surface area contributed by atoms with Gasteiger partial charge in [-0.1, -0.05) is 12.1 Å². The minimum Gasteiger partial charge on any atom is -0.507 e. The molecule has 0 saturated heterocycles. The fourth-order valence-corrected chi connectivity index (χ4v) is 3.16. The van der Waals surface area contributed by atoms with Crippen molar-refractivity contribution in [2.45, 2.75) is 20.5 Å². The van der Waals surface area contributed by atoms with E-state index >= 15 is 0 Å². The van der Waals surface area contributed by atoms with Gasteiger partial charge in [0.15, 0.2) is 11.5 Å². The zero-order valence-electron chi connectivity index (χ0n) is 16.2. The number of fused-ring (bicyclic) bond motifs is 1. The maximum absolute atomic E-state index is 11.9. The highest BCUT2D eigenvalue weighted by Gasteiger charge is 2.18. The average Bonchev–Trinajstić information content (AvgIpc) is 3.16. The molecular formula is C22H17NO7. The first-order chi connectivity index (χ1) is 14.3. The predicted molar refractivity (Wildman–Crippen MR) is 109 cm³/mol. The first-order valence-electron chi connectivity index (χ1n) is 9.07. The zero-order chi connectivity index (χ0) is 21.4. The number of aromatic hydroxyl groups is 1. The Morgan fingerprint density at radius 3 is 2.60 bits per heavy atom. The Morgan fingerprint density at radius 2 is 1.83 bits per heavy atom. The van der Waals surface area contributed by atoms with E-state index in [-0.39, 0.29) is 29.4 Å². The molecule has 0 aliphatic heterocycles. The highest BCUT2D eigenvalue weighted by molar-refractivity contribution is 5.84. The Kier molecular flexibility index (Phi) is 4.75. The summed E-state index contributed by atoms with van der Waals surface area (Å²) < 4.78 is 16.8. The molecule has 4 rings (SSSR count). The van der Waals surface area contributed by atoms with Crippen LogP contribution in [0.2, 0.25) is 0 Å². The molecule has 4 aromatic rings. The van der Waals surface area contributed by atoms with Gasteiger partial charge in [-0.2, -0.15) is 0 Å². The summed E-state index contributed by atoms with van der Waals surface area (Å²) in [5.74, 6) is 0.820. The molecule has 0 atom stereocenters. The van der Waals surface area contributed by atoms with E-state index in [4.69, 9.17) is 13.6 Å². The van der Waals surface area contributed by atoms with E-state index in [0.29, 0.717) is 33.6 Å². The molecule has 8 nitrogen and oxygen atoms in total. The van der Waals surface area contributed by atoms with Crippen LogP contribution in [-0.2, 0) is 6.61 Å². The van der Waals surface area contributed by atoms with Crippen LogP contribution in [-0.4, -0.2) is 10.0 Å². The maximum Gasteiger partial charge on any atom is 0.343 e. The van der Waals surface area contributed by atoms with Crippen molar-refractivity contribution in [3.8, 4) is 23.0 Å². The number of rotatable bonds is 5. The fourth-order valence-electron chi connectivity index (χ4n) is 3.16. The van der Waals surface area contributed by atoms with Crippen molar-refractivity contribution in [3.05, 3.63) is 85.8 Å². The molecule has 0 unspecified atom stereocenters. The minimum absolute atomic E-state index is 0.00569. The van der Waals surface area contributed by atoms with Gasteiger partial charge in [-0.15, -0.1) is 0 Å². The number of furan rings is 1. The smallest absolute Gasteiger partial charge is 0.343 e. The van der Waals surface area contributed by atoms with Crippen molar-refractivity contribution in [3.63, 3.8) is 0 Å². The van der Waals surface area contributed by atoms with Crippen LogP contribution in [0.15, 0.2) is 62.2 Å². The molecule has 8 heteroatoms. The molecule has 2 aromatic carbocycles. The molecule has 30 heavy (non-hydrogen) atoms. The van der Waals surface area contributed by atoms with Crippen LogP contribution in [0.3, 0.4) is 0 Å². The van der Waals surface area contributed by atoms with Crippen LogP contribution in [0.25, 0.3) is 22.5 Å². The summed E-state index contributed by atoms with van der Waals surface area (Å²) in [6.07, 6.45) is 0. The first kappa shape index (κ1) is 19.3. The van der Waals surface area contributed by atoms with Gasteiger partial charge >= 0.3 is 5.63 Å². The summed E-state index contributed by atoms with van der Waals surface area (Å²) in [5, 5.41) is 21.9. The zero-order valence-corrected chi connectivity index (χ0v) is 16.2. The van der Waals surface area contributed by atoms with Gasteiger partial charge in [0.25, 0.3) is 5.69 Å². The number of hydrogen-bond donors (Lipinski definition) is 1. The summed E-state index contributed by atoms with van der Waals surface area (Å²) in [6, 6.07) is 13.1. The fraction of sp³-hybridized carbons (Fsp3) is 0.136. The Hall–Kier alpha value is -4.07. The maximum atomic E-state index is 11.9. The number of benzene rings is 2. The molecule has 0 fully saturated rings. The van der Waals surface area contributed by atoms with Gasteiger partial charge in [0, 0.05) is 17.0 Å². The van der Waals surface area contributed by atoms with Gasteiger partial charge in [0.1, 0.15) is 23.7 Å². The average molecular weight is 407 g/mol. The standard InChI is InChI=1S/C22H17NO7/c1-12-20(24)13(2)22(25)30-21(12)19-10-15-9-16(7-8-18(15)29-19)28-11-14-5-3-4-6-17(14)23(26)27/h3-10,24H,11H2,1-2H3. The Balaban J connectivity index is 1.64. The summed E-state index contributed by atoms with van der Waals surface area (Å²) >= 11 is 0. The normalized spacial score (nSPS) is 11.0. The van der Waals surface area contributed by atoms with Crippen LogP contribution < -0.4 is 10.4 Å². The summed E-state index contributed by atoms with van der Waals surface area (Å²) in [5.41, 5.74) is 0.890. The number of nitro benzene ring substituents is 1. The number of nitrogens with zero attached hydrogens (tertiary/aromatic N) is 1. The van der Waals surface area contributed by atoms with E-state index in [1.807, 2.05) is 0 Å². The summed E-state index contributed by atoms with van der Waals surface area (Å²) in [7, 11) is 0. The van der Waals surface area contributed by atoms with E-state index < -0.39 is 10.5 Å². The lowest BCUT2D eigenvalue weighted by atomic mass is 10.1. The van der Waals surface area contributed by atoms with E-state index in [9.17, 15) is 20.0 Å². The Bertz CT molecular complexity index is 1330. The van der Waals surface area contributed by atoms with Crippen LogP contribution in [0.5, 0.6) is 11.5 Å². The molecule has 0 spiro atoms. The lowest BCUT2D eigenvalue weighted by Gasteiger charge is -2.06. The van der Waals surface area contributed by atoms with E-state index in [2.05, 4.69) is 0 Å². The molecule has 0 saturated carbocycles. The highest BCUT2D eigenvalue weighted by Crippen LogP contribution is 2.34. The highest BCUT2D eigenvalue weighted by atomic mass is 16.6. The molecule has 0 amide bonds. The molecule has 0 radical (unpaired) electrons. The Morgan fingerprint density at radius 1 is 1.07 bits per heavy atom. The molecule has 0 aliphatic carbocycles. The van der Waals surface area contributed by atoms with Gasteiger partial charge in [0.05, 0.1) is 16.1 Å². The van der Waals surface area contributed by atoms with Crippen molar-refractivity contribution in [2.24, 2.45) is 0 Å². The second kappa shape index (κ2) is 7.40. The van der Waals surface area contributed by atoms with Crippen LogP contribution in [0.4, 0.5) is 5.69 Å². The van der Waals surface area contributed by atoms with Crippen LogP contribution in [0, 0.1) is 24.0 Å². The van der Waals surface area contributed by atoms with Crippen LogP contribution >= 0.6 is 0 Å². The van der Waals surface area contributed by atoms with Crippen molar-refractivity contribution >= 4 is 16.7 Å². The van der Waals surface area contributed by atoms with Crippen LogP contribution in [0.1, 0.15) is 16.7 Å². The number of para-hydroxylation sites is 1. The van der Waals surface area contributed by atoms with Gasteiger partial charge in [-0.25, -0.2) is 4.79 Å². The van der Waals surface area contributed by atoms with Crippen molar-refractivity contribution in [1.82, 2.24) is 0 Å². The Labute approximate surface area is 170 Å². The van der Waals surface area contributed by atoms with E-state index in [1.165, 1.54) is 13.0 Å². The lowest BCUT2D eigenvalue weighted by molar-refractivity contribution is -0.385. The number of hydrogen-bond acceptors (Lipinski definition) is 7. The van der Waals surface area contributed by atoms with E-state index in [1.54, 1.807) is 49.4 Å². The summed E-state index contributed by atoms with van der Waals surface area (Å²) in [6.45, 7) is 3.15. The van der Waals surface area contributed by atoms with Gasteiger partial charge in [-0.3, -0.25) is 10.1 Å². The molecule has 152 valence electrons.